The highest BCUT2D eigenvalue weighted by Crippen LogP contribution is 2.74. The first-order valence-corrected chi connectivity index (χ1v) is 13.7. The van der Waals surface area contributed by atoms with E-state index in [1.54, 1.807) is 6.08 Å². The summed E-state index contributed by atoms with van der Waals surface area (Å²) in [5.41, 5.74) is -0.0372. The molecule has 1 aliphatic heterocycles. The number of hydrogen-bond acceptors (Lipinski definition) is 3. The summed E-state index contributed by atoms with van der Waals surface area (Å²) < 4.78 is 6.50. The zero-order chi connectivity index (χ0) is 23.1. The van der Waals surface area contributed by atoms with Crippen LogP contribution < -0.4 is 0 Å². The van der Waals surface area contributed by atoms with Crippen molar-refractivity contribution in [2.24, 2.45) is 46.3 Å². The molecule has 4 aliphatic carbocycles. The van der Waals surface area contributed by atoms with E-state index in [9.17, 15) is 10.2 Å². The van der Waals surface area contributed by atoms with Gasteiger partial charge >= 0.3 is 0 Å². The van der Waals surface area contributed by atoms with Gasteiger partial charge in [0.25, 0.3) is 0 Å². The molecule has 3 heteroatoms. The highest BCUT2D eigenvalue weighted by molar-refractivity contribution is 5.24. The molecule has 11 atom stereocenters. The second-order valence-electron chi connectivity index (χ2n) is 13.5. The Morgan fingerprint density at radius 3 is 2.53 bits per heavy atom. The standard InChI is InChI=1S/C29H48O3/c1-7-28(31,18(2)3)15-10-19(4)22-8-9-23-21-16-25-29(32-25)17-20(30)11-14-27(29,6)24(21)12-13-26(22,23)5/h7,18-25,30-31H,1,8-17H2,2-6H3/t19-,20+,21?,22?,23?,24?,25-,26-,27-,28?,29-/m1/s1. The smallest absolute Gasteiger partial charge is 0.103 e. The number of aliphatic hydroxyl groups excluding tert-OH is 1. The minimum absolute atomic E-state index is 0.00311. The predicted octanol–water partition coefficient (Wildman–Crippen LogP) is 6.13. The van der Waals surface area contributed by atoms with E-state index >= 15 is 0 Å². The van der Waals surface area contributed by atoms with E-state index in [-0.39, 0.29) is 23.0 Å². The van der Waals surface area contributed by atoms with Gasteiger partial charge in [-0.25, -0.2) is 0 Å². The third kappa shape index (κ3) is 3.09. The number of aliphatic hydroxyl groups is 2. The van der Waals surface area contributed by atoms with Crippen LogP contribution in [0.5, 0.6) is 0 Å². The Balaban J connectivity index is 1.32. The molecule has 5 rings (SSSR count). The summed E-state index contributed by atoms with van der Waals surface area (Å²) in [7, 11) is 0. The molecular formula is C29H48O3. The average molecular weight is 445 g/mol. The van der Waals surface area contributed by atoms with Crippen molar-refractivity contribution in [2.45, 2.75) is 122 Å². The molecule has 32 heavy (non-hydrogen) atoms. The van der Waals surface area contributed by atoms with Crippen LogP contribution in [0.4, 0.5) is 0 Å². The molecule has 5 aliphatic rings. The Kier molecular flexibility index (Phi) is 5.52. The van der Waals surface area contributed by atoms with Crippen molar-refractivity contribution in [3.8, 4) is 0 Å². The fourth-order valence-electron chi connectivity index (χ4n) is 9.92. The number of fused-ring (bicyclic) bond motifs is 4. The Labute approximate surface area is 196 Å². The van der Waals surface area contributed by atoms with Crippen molar-refractivity contribution in [3.63, 3.8) is 0 Å². The lowest BCUT2D eigenvalue weighted by Gasteiger charge is -2.59. The summed E-state index contributed by atoms with van der Waals surface area (Å²) in [6.45, 7) is 15.7. The van der Waals surface area contributed by atoms with Gasteiger partial charge in [0, 0.05) is 11.8 Å². The molecule has 0 aromatic heterocycles. The van der Waals surface area contributed by atoms with Gasteiger partial charge in [-0.3, -0.25) is 0 Å². The van der Waals surface area contributed by atoms with Crippen molar-refractivity contribution in [1.82, 2.24) is 0 Å². The van der Waals surface area contributed by atoms with Crippen LogP contribution in [0, 0.1) is 46.3 Å². The lowest BCUT2D eigenvalue weighted by molar-refractivity contribution is -0.117. The van der Waals surface area contributed by atoms with Gasteiger partial charge in [-0.05, 0) is 98.7 Å². The van der Waals surface area contributed by atoms with Crippen LogP contribution >= 0.6 is 0 Å². The highest BCUT2D eigenvalue weighted by atomic mass is 16.6. The van der Waals surface area contributed by atoms with Gasteiger partial charge in [-0.1, -0.05) is 40.7 Å². The molecule has 5 fully saturated rings. The Hall–Kier alpha value is -0.380. The SMILES string of the molecule is C=CC(O)(CC[C@@H](C)C1CCC2C3C[C@H]4O[C@]45C[C@@H](O)CC[C@]5(C)C3CC[C@@]21C)C(C)C. The van der Waals surface area contributed by atoms with Crippen LogP contribution in [-0.4, -0.2) is 33.6 Å². The van der Waals surface area contributed by atoms with Crippen LogP contribution in [0.2, 0.25) is 0 Å². The molecule has 0 bridgehead atoms. The molecule has 0 aromatic rings. The first-order chi connectivity index (χ1) is 15.0. The molecule has 5 unspecified atom stereocenters. The van der Waals surface area contributed by atoms with E-state index in [2.05, 4.69) is 41.2 Å². The number of rotatable bonds is 6. The summed E-state index contributed by atoms with van der Waals surface area (Å²) in [6, 6.07) is 0. The lowest BCUT2D eigenvalue weighted by atomic mass is 9.44. The average Bonchev–Trinajstić information content (AvgIpc) is 3.32. The van der Waals surface area contributed by atoms with E-state index in [0.29, 0.717) is 17.4 Å². The largest absolute Gasteiger partial charge is 0.393 e. The first-order valence-electron chi connectivity index (χ1n) is 13.7. The monoisotopic (exact) mass is 444 g/mol. The van der Waals surface area contributed by atoms with E-state index < -0.39 is 5.60 Å². The second-order valence-corrected chi connectivity index (χ2v) is 13.5. The third-order valence-corrected chi connectivity index (χ3v) is 12.2. The quantitative estimate of drug-likeness (QED) is 0.383. The van der Waals surface area contributed by atoms with E-state index in [1.165, 1.54) is 32.1 Å². The van der Waals surface area contributed by atoms with Gasteiger partial charge in [0.05, 0.1) is 17.8 Å². The molecule has 1 heterocycles. The molecule has 0 amide bonds. The van der Waals surface area contributed by atoms with E-state index in [1.807, 2.05) is 0 Å². The normalized spacial score (nSPS) is 52.2. The summed E-state index contributed by atoms with van der Waals surface area (Å²) in [5.74, 6) is 4.02. The van der Waals surface area contributed by atoms with Crippen LogP contribution in [0.15, 0.2) is 12.7 Å². The van der Waals surface area contributed by atoms with E-state index in [4.69, 9.17) is 4.74 Å². The summed E-state index contributed by atoms with van der Waals surface area (Å²) >= 11 is 0. The van der Waals surface area contributed by atoms with Crippen LogP contribution in [-0.2, 0) is 4.74 Å². The van der Waals surface area contributed by atoms with Crippen LogP contribution in [0.25, 0.3) is 0 Å². The fraction of sp³-hybridized carbons (Fsp3) is 0.931. The predicted molar refractivity (Wildman–Crippen MR) is 129 cm³/mol. The molecular weight excluding hydrogens is 396 g/mol. The molecule has 0 radical (unpaired) electrons. The third-order valence-electron chi connectivity index (χ3n) is 12.2. The number of ether oxygens (including phenoxy) is 1. The van der Waals surface area contributed by atoms with Crippen molar-refractivity contribution in [1.29, 1.82) is 0 Å². The zero-order valence-corrected chi connectivity index (χ0v) is 21.3. The number of hydrogen-bond donors (Lipinski definition) is 2. The van der Waals surface area contributed by atoms with Gasteiger partial charge in [0.1, 0.15) is 5.60 Å². The molecule has 1 saturated heterocycles. The zero-order valence-electron chi connectivity index (χ0n) is 21.3. The van der Waals surface area contributed by atoms with Crippen LogP contribution in [0.3, 0.4) is 0 Å². The molecule has 2 N–H and O–H groups in total. The summed E-state index contributed by atoms with van der Waals surface area (Å²) in [5, 5.41) is 21.4. The second kappa shape index (κ2) is 7.56. The highest BCUT2D eigenvalue weighted by Gasteiger charge is 2.76. The minimum Gasteiger partial charge on any atom is -0.393 e. The van der Waals surface area contributed by atoms with Gasteiger partial charge < -0.3 is 14.9 Å². The van der Waals surface area contributed by atoms with Crippen LogP contribution in [0.1, 0.15) is 98.8 Å². The van der Waals surface area contributed by atoms with Crippen molar-refractivity contribution < 1.29 is 14.9 Å². The molecule has 0 aromatic carbocycles. The Bertz CT molecular complexity index is 749. The van der Waals surface area contributed by atoms with E-state index in [0.717, 1.165) is 55.8 Å². The first kappa shape index (κ1) is 23.4. The molecule has 182 valence electrons. The fourth-order valence-corrected chi connectivity index (χ4v) is 9.92. The van der Waals surface area contributed by atoms with Crippen molar-refractivity contribution in [3.05, 3.63) is 12.7 Å². The Morgan fingerprint density at radius 1 is 1.09 bits per heavy atom. The molecule has 3 nitrogen and oxygen atoms in total. The summed E-state index contributed by atoms with van der Waals surface area (Å²) in [4.78, 5) is 0. The maximum absolute atomic E-state index is 11.0. The van der Waals surface area contributed by atoms with Gasteiger partial charge in [-0.15, -0.1) is 6.58 Å². The maximum atomic E-state index is 11.0. The molecule has 1 spiro atoms. The number of epoxide rings is 1. The van der Waals surface area contributed by atoms with Gasteiger partial charge in [0.2, 0.25) is 0 Å². The van der Waals surface area contributed by atoms with Gasteiger partial charge in [-0.2, -0.15) is 0 Å². The lowest BCUT2D eigenvalue weighted by Crippen LogP contribution is -2.58. The van der Waals surface area contributed by atoms with Crippen molar-refractivity contribution >= 4 is 0 Å². The maximum Gasteiger partial charge on any atom is 0.103 e. The molecule has 4 saturated carbocycles. The van der Waals surface area contributed by atoms with Gasteiger partial charge in [0.15, 0.2) is 0 Å². The van der Waals surface area contributed by atoms with Crippen molar-refractivity contribution in [2.75, 3.05) is 0 Å². The Morgan fingerprint density at radius 2 is 1.84 bits per heavy atom. The summed E-state index contributed by atoms with van der Waals surface area (Å²) in [6.07, 6.45) is 13.6. The topological polar surface area (TPSA) is 53.0 Å². The minimum atomic E-state index is -0.735.